The highest BCUT2D eigenvalue weighted by molar-refractivity contribution is 6.30. The average molecular weight is 535 g/mol. The molecule has 1 aromatic heterocycles. The summed E-state index contributed by atoms with van der Waals surface area (Å²) in [6, 6.07) is 15.9. The number of halogens is 7. The number of carbonyl (C=O) groups is 1. The van der Waals surface area contributed by atoms with Crippen LogP contribution in [0.1, 0.15) is 32.7 Å². The maximum absolute atomic E-state index is 14.4. The zero-order chi connectivity index (χ0) is 26.8. The van der Waals surface area contributed by atoms with E-state index in [1.54, 1.807) is 30.3 Å². The van der Waals surface area contributed by atoms with Crippen molar-refractivity contribution in [2.75, 3.05) is 0 Å². The van der Waals surface area contributed by atoms with Crippen LogP contribution in [-0.2, 0) is 18.1 Å². The Morgan fingerprint density at radius 1 is 0.865 bits per heavy atom. The first-order valence-corrected chi connectivity index (χ1v) is 11.2. The van der Waals surface area contributed by atoms with E-state index >= 15 is 0 Å². The Balaban J connectivity index is 1.92. The molecule has 3 nitrogen and oxygen atoms in total. The molecule has 190 valence electrons. The molecule has 0 aliphatic carbocycles. The molecule has 0 fully saturated rings. The normalized spacial score (nSPS) is 13.2. The van der Waals surface area contributed by atoms with Gasteiger partial charge in [0.05, 0.1) is 16.3 Å². The average Bonchev–Trinajstić information content (AvgIpc) is 2.83. The molecule has 1 unspecified atom stereocenters. The molecule has 1 heterocycles. The van der Waals surface area contributed by atoms with Crippen molar-refractivity contribution in [2.45, 2.75) is 18.1 Å². The molecule has 0 spiro atoms. The van der Waals surface area contributed by atoms with Crippen LogP contribution in [0.3, 0.4) is 0 Å². The van der Waals surface area contributed by atoms with Crippen molar-refractivity contribution in [3.63, 3.8) is 0 Å². The van der Waals surface area contributed by atoms with Gasteiger partial charge < -0.3 is 5.32 Å². The van der Waals surface area contributed by atoms with Crippen molar-refractivity contribution in [3.8, 4) is 0 Å². The largest absolute Gasteiger partial charge is 0.419 e. The fourth-order valence-corrected chi connectivity index (χ4v) is 4.11. The third-order valence-corrected chi connectivity index (χ3v) is 5.92. The fourth-order valence-electron chi connectivity index (χ4n) is 4.00. The predicted octanol–water partition coefficient (Wildman–Crippen LogP) is 7.09. The molecular formula is C27H17ClF6N2O. The van der Waals surface area contributed by atoms with E-state index in [2.05, 4.69) is 10.3 Å². The van der Waals surface area contributed by atoms with Gasteiger partial charge >= 0.3 is 6.18 Å². The van der Waals surface area contributed by atoms with Crippen molar-refractivity contribution in [1.29, 1.82) is 0 Å². The highest BCUT2D eigenvalue weighted by Gasteiger charge is 2.40. The topological polar surface area (TPSA) is 42.0 Å². The standard InChI is InChI=1S/C27H17ClF6N2O/c28-19-7-9-24(35-15-19)26(14-16-4-2-1-3-5-16,18-11-20(29)13-21(30)12-18)36-25(37)17-6-8-23(31)22(10-17)27(32,33)34/h1-13,15H,14H2,(H,36,37). The van der Waals surface area contributed by atoms with Gasteiger partial charge in [0.15, 0.2) is 0 Å². The monoisotopic (exact) mass is 534 g/mol. The van der Waals surface area contributed by atoms with Gasteiger partial charge in [-0.05, 0) is 53.6 Å². The zero-order valence-corrected chi connectivity index (χ0v) is 19.5. The molecule has 0 aliphatic rings. The van der Waals surface area contributed by atoms with Crippen molar-refractivity contribution in [2.24, 2.45) is 0 Å². The SMILES string of the molecule is O=C(NC(Cc1ccccc1)(c1cc(F)cc(F)c1)c1ccc(Cl)cn1)c1ccc(F)c(C(F)(F)F)c1. The Bertz CT molecular complexity index is 1410. The van der Waals surface area contributed by atoms with Crippen LogP contribution in [0.25, 0.3) is 0 Å². The number of nitrogens with zero attached hydrogens (tertiary/aromatic N) is 1. The molecule has 0 saturated carbocycles. The molecule has 1 N–H and O–H groups in total. The molecule has 4 aromatic rings. The summed E-state index contributed by atoms with van der Waals surface area (Å²) >= 11 is 5.98. The van der Waals surface area contributed by atoms with E-state index in [-0.39, 0.29) is 22.7 Å². The van der Waals surface area contributed by atoms with Crippen LogP contribution in [0.4, 0.5) is 26.3 Å². The number of aromatic nitrogens is 1. The Morgan fingerprint density at radius 3 is 2.14 bits per heavy atom. The minimum absolute atomic E-state index is 0.0600. The van der Waals surface area contributed by atoms with E-state index in [0.717, 1.165) is 18.2 Å². The summed E-state index contributed by atoms with van der Waals surface area (Å²) in [6.07, 6.45) is -3.88. The van der Waals surface area contributed by atoms with Crippen LogP contribution in [0, 0.1) is 17.5 Å². The molecule has 0 saturated heterocycles. The van der Waals surface area contributed by atoms with Gasteiger partial charge in [0.1, 0.15) is 23.0 Å². The minimum Gasteiger partial charge on any atom is -0.337 e. The molecule has 1 amide bonds. The maximum atomic E-state index is 14.4. The summed E-state index contributed by atoms with van der Waals surface area (Å²) in [4.78, 5) is 17.7. The molecular weight excluding hydrogens is 518 g/mol. The van der Waals surface area contributed by atoms with Crippen molar-refractivity contribution in [1.82, 2.24) is 10.3 Å². The van der Waals surface area contributed by atoms with Crippen LogP contribution in [0.15, 0.2) is 85.1 Å². The third kappa shape index (κ3) is 5.77. The number of alkyl halides is 3. The van der Waals surface area contributed by atoms with Crippen LogP contribution >= 0.6 is 11.6 Å². The van der Waals surface area contributed by atoms with Gasteiger partial charge in [0.25, 0.3) is 5.91 Å². The Hall–Kier alpha value is -3.85. The van der Waals surface area contributed by atoms with E-state index in [1.807, 2.05) is 0 Å². The number of carbonyl (C=O) groups excluding carboxylic acids is 1. The van der Waals surface area contributed by atoms with Crippen LogP contribution in [0.2, 0.25) is 5.02 Å². The molecule has 37 heavy (non-hydrogen) atoms. The van der Waals surface area contributed by atoms with Gasteiger partial charge in [0.2, 0.25) is 0 Å². The smallest absolute Gasteiger partial charge is 0.337 e. The fraction of sp³-hybridized carbons (Fsp3) is 0.111. The van der Waals surface area contributed by atoms with Crippen molar-refractivity contribution in [3.05, 3.63) is 135 Å². The van der Waals surface area contributed by atoms with E-state index < -0.39 is 46.2 Å². The second-order valence-corrected chi connectivity index (χ2v) is 8.67. The van der Waals surface area contributed by atoms with E-state index in [9.17, 15) is 31.1 Å². The van der Waals surface area contributed by atoms with E-state index in [1.165, 1.54) is 18.3 Å². The molecule has 3 aromatic carbocycles. The van der Waals surface area contributed by atoms with Crippen molar-refractivity contribution >= 4 is 17.5 Å². The quantitative estimate of drug-likeness (QED) is 0.268. The number of rotatable bonds is 6. The maximum Gasteiger partial charge on any atom is 0.419 e. The number of pyridine rings is 1. The van der Waals surface area contributed by atoms with Gasteiger partial charge in [-0.1, -0.05) is 41.9 Å². The lowest BCUT2D eigenvalue weighted by Gasteiger charge is -2.35. The molecule has 4 rings (SSSR count). The lowest BCUT2D eigenvalue weighted by molar-refractivity contribution is -0.140. The van der Waals surface area contributed by atoms with E-state index in [0.29, 0.717) is 23.8 Å². The number of nitrogens with one attached hydrogen (secondary N) is 1. The summed E-state index contributed by atoms with van der Waals surface area (Å²) < 4.78 is 82.6. The summed E-state index contributed by atoms with van der Waals surface area (Å²) in [6.45, 7) is 0. The van der Waals surface area contributed by atoms with Crippen molar-refractivity contribution < 1.29 is 31.1 Å². The number of hydrogen-bond acceptors (Lipinski definition) is 2. The minimum atomic E-state index is -5.05. The highest BCUT2D eigenvalue weighted by atomic mass is 35.5. The van der Waals surface area contributed by atoms with E-state index in [4.69, 9.17) is 11.6 Å². The van der Waals surface area contributed by atoms with Gasteiger partial charge in [-0.2, -0.15) is 13.2 Å². The summed E-state index contributed by atoms with van der Waals surface area (Å²) in [7, 11) is 0. The zero-order valence-electron chi connectivity index (χ0n) is 18.8. The second kappa shape index (κ2) is 10.3. The molecule has 0 bridgehead atoms. The van der Waals surface area contributed by atoms with Gasteiger partial charge in [-0.25, -0.2) is 13.2 Å². The lowest BCUT2D eigenvalue weighted by atomic mass is 9.80. The van der Waals surface area contributed by atoms with Gasteiger partial charge in [-0.3, -0.25) is 9.78 Å². The molecule has 0 radical (unpaired) electrons. The second-order valence-electron chi connectivity index (χ2n) is 8.23. The first-order valence-electron chi connectivity index (χ1n) is 10.8. The van der Waals surface area contributed by atoms with Gasteiger partial charge in [0, 0.05) is 24.2 Å². The Labute approximate surface area is 212 Å². The van der Waals surface area contributed by atoms with Crippen LogP contribution < -0.4 is 5.32 Å². The number of hydrogen-bond donors (Lipinski definition) is 1. The summed E-state index contributed by atoms with van der Waals surface area (Å²) in [5.41, 5.74) is -3.25. The Morgan fingerprint density at radius 2 is 1.54 bits per heavy atom. The number of benzene rings is 3. The molecule has 0 aliphatic heterocycles. The Kier molecular flexibility index (Phi) is 7.27. The predicted molar refractivity (Wildman–Crippen MR) is 125 cm³/mol. The van der Waals surface area contributed by atoms with Gasteiger partial charge in [-0.15, -0.1) is 0 Å². The summed E-state index contributed by atoms with van der Waals surface area (Å²) in [5.74, 6) is -4.50. The molecule has 1 atom stereocenters. The summed E-state index contributed by atoms with van der Waals surface area (Å²) in [5, 5.41) is 2.87. The third-order valence-electron chi connectivity index (χ3n) is 5.69. The first kappa shape index (κ1) is 26.2. The lowest BCUT2D eigenvalue weighted by Crippen LogP contribution is -2.49. The highest BCUT2D eigenvalue weighted by Crippen LogP contribution is 2.36. The van der Waals surface area contributed by atoms with Crippen LogP contribution in [-0.4, -0.2) is 10.9 Å². The number of amides is 1. The first-order chi connectivity index (χ1) is 17.5. The molecule has 10 heteroatoms. The van der Waals surface area contributed by atoms with Crippen LogP contribution in [0.5, 0.6) is 0 Å².